The van der Waals surface area contributed by atoms with Crippen molar-refractivity contribution in [2.75, 3.05) is 11.9 Å². The zero-order chi connectivity index (χ0) is 16.7. The van der Waals surface area contributed by atoms with Gasteiger partial charge in [-0.15, -0.1) is 0 Å². The highest BCUT2D eigenvalue weighted by Crippen LogP contribution is 2.35. The lowest BCUT2D eigenvalue weighted by molar-refractivity contribution is -0.389. The number of halogens is 1. The van der Waals surface area contributed by atoms with Crippen molar-refractivity contribution < 1.29 is 9.66 Å². The van der Waals surface area contributed by atoms with E-state index in [2.05, 4.69) is 10.3 Å². The van der Waals surface area contributed by atoms with Crippen LogP contribution in [0.15, 0.2) is 35.8 Å². The van der Waals surface area contributed by atoms with Crippen LogP contribution in [0.2, 0.25) is 5.02 Å². The van der Waals surface area contributed by atoms with Crippen molar-refractivity contribution in [3.05, 3.63) is 56.5 Å². The highest BCUT2D eigenvalue weighted by Gasteiger charge is 2.33. The van der Waals surface area contributed by atoms with Gasteiger partial charge in [-0.1, -0.05) is 35.1 Å². The maximum absolute atomic E-state index is 11.4. The topological polar surface area (TPSA) is 81.7 Å². The highest BCUT2D eigenvalue weighted by molar-refractivity contribution is 7.15. The summed E-state index contributed by atoms with van der Waals surface area (Å²) >= 11 is 7.29. The third-order valence-electron chi connectivity index (χ3n) is 4.02. The van der Waals surface area contributed by atoms with Gasteiger partial charge < -0.3 is 20.2 Å². The van der Waals surface area contributed by atoms with Crippen LogP contribution in [0.4, 0.5) is 11.6 Å². The molecular weight excluding hydrogens is 352 g/mol. The lowest BCUT2D eigenvalue weighted by atomic mass is 10.0. The molecule has 0 radical (unpaired) electrons. The SMILES string of the molecule is O=[N+]([O-])c1c(NC2CCOC2c2ccc(Cl)cc2)nc2sccn12. The number of anilines is 1. The maximum atomic E-state index is 11.4. The third-order valence-corrected chi connectivity index (χ3v) is 5.03. The summed E-state index contributed by atoms with van der Waals surface area (Å²) in [5, 5.41) is 17.1. The fourth-order valence-corrected chi connectivity index (χ4v) is 3.77. The van der Waals surface area contributed by atoms with Crippen molar-refractivity contribution in [3.8, 4) is 0 Å². The average molecular weight is 365 g/mol. The number of benzene rings is 1. The number of aromatic nitrogens is 2. The highest BCUT2D eigenvalue weighted by atomic mass is 35.5. The Labute approximate surface area is 146 Å². The van der Waals surface area contributed by atoms with E-state index in [1.807, 2.05) is 24.3 Å². The Hall–Kier alpha value is -2.16. The molecule has 24 heavy (non-hydrogen) atoms. The fourth-order valence-electron chi connectivity index (χ4n) is 2.94. The molecular formula is C15H13ClN4O3S. The van der Waals surface area contributed by atoms with Crippen LogP contribution in [0, 0.1) is 10.1 Å². The summed E-state index contributed by atoms with van der Waals surface area (Å²) < 4.78 is 7.30. The van der Waals surface area contributed by atoms with E-state index >= 15 is 0 Å². The molecule has 2 aromatic heterocycles. The normalized spacial score (nSPS) is 20.5. The molecule has 7 nitrogen and oxygen atoms in total. The van der Waals surface area contributed by atoms with Gasteiger partial charge in [0.05, 0.1) is 6.04 Å². The van der Waals surface area contributed by atoms with E-state index in [0.717, 1.165) is 12.0 Å². The van der Waals surface area contributed by atoms with Gasteiger partial charge in [0.1, 0.15) is 12.3 Å². The molecule has 0 aliphatic carbocycles. The van der Waals surface area contributed by atoms with Gasteiger partial charge in [-0.25, -0.2) is 0 Å². The van der Waals surface area contributed by atoms with Gasteiger partial charge in [0.15, 0.2) is 0 Å². The predicted molar refractivity (Wildman–Crippen MR) is 91.9 cm³/mol. The summed E-state index contributed by atoms with van der Waals surface area (Å²) in [6, 6.07) is 7.35. The average Bonchev–Trinajstić information content (AvgIpc) is 3.23. The van der Waals surface area contributed by atoms with Crippen molar-refractivity contribution in [3.63, 3.8) is 0 Å². The second-order valence-corrected chi connectivity index (χ2v) is 6.79. The van der Waals surface area contributed by atoms with Crippen molar-refractivity contribution >= 4 is 39.5 Å². The summed E-state index contributed by atoms with van der Waals surface area (Å²) in [6.45, 7) is 0.584. The zero-order valence-electron chi connectivity index (χ0n) is 12.4. The first kappa shape index (κ1) is 15.4. The maximum Gasteiger partial charge on any atom is 0.372 e. The monoisotopic (exact) mass is 364 g/mol. The first-order chi connectivity index (χ1) is 11.6. The van der Waals surface area contributed by atoms with Crippen LogP contribution in [0.5, 0.6) is 0 Å². The van der Waals surface area contributed by atoms with Crippen LogP contribution in [-0.2, 0) is 4.74 Å². The summed E-state index contributed by atoms with van der Waals surface area (Å²) in [6.07, 6.45) is 2.20. The summed E-state index contributed by atoms with van der Waals surface area (Å²) in [5.41, 5.74) is 0.984. The van der Waals surface area contributed by atoms with Crippen molar-refractivity contribution in [1.82, 2.24) is 9.38 Å². The lowest BCUT2D eigenvalue weighted by Gasteiger charge is -2.20. The number of nitro groups is 1. The van der Waals surface area contributed by atoms with Gasteiger partial charge in [0.2, 0.25) is 5.82 Å². The van der Waals surface area contributed by atoms with Gasteiger partial charge in [0.25, 0.3) is 4.96 Å². The second-order valence-electron chi connectivity index (χ2n) is 5.48. The lowest BCUT2D eigenvalue weighted by Crippen LogP contribution is -2.23. The number of hydrogen-bond acceptors (Lipinski definition) is 6. The summed E-state index contributed by atoms with van der Waals surface area (Å²) in [7, 11) is 0. The minimum absolute atomic E-state index is 0.0481. The molecule has 9 heteroatoms. The molecule has 1 saturated heterocycles. The minimum atomic E-state index is -0.415. The Morgan fingerprint density at radius 2 is 2.21 bits per heavy atom. The Kier molecular flexibility index (Phi) is 3.87. The quantitative estimate of drug-likeness (QED) is 0.560. The summed E-state index contributed by atoms with van der Waals surface area (Å²) in [5.74, 6) is 0.231. The molecule has 2 unspecified atom stereocenters. The number of rotatable bonds is 4. The number of nitrogens with zero attached hydrogens (tertiary/aromatic N) is 3. The van der Waals surface area contributed by atoms with Crippen molar-refractivity contribution in [1.29, 1.82) is 0 Å². The van der Waals surface area contributed by atoms with Gasteiger partial charge in [-0.05, 0) is 29.0 Å². The third kappa shape index (κ3) is 2.62. The number of nitrogens with one attached hydrogen (secondary N) is 1. The van der Waals surface area contributed by atoms with Crippen molar-refractivity contribution in [2.24, 2.45) is 0 Å². The van der Waals surface area contributed by atoms with E-state index in [1.54, 1.807) is 11.6 Å². The minimum Gasteiger partial charge on any atom is -0.371 e. The summed E-state index contributed by atoms with van der Waals surface area (Å²) in [4.78, 5) is 15.9. The number of hydrogen-bond donors (Lipinski definition) is 1. The zero-order valence-corrected chi connectivity index (χ0v) is 14.0. The van der Waals surface area contributed by atoms with E-state index in [9.17, 15) is 10.1 Å². The number of fused-ring (bicyclic) bond motifs is 1. The first-order valence-corrected chi connectivity index (χ1v) is 8.63. The Morgan fingerprint density at radius 1 is 1.42 bits per heavy atom. The Balaban J connectivity index is 1.64. The van der Waals surface area contributed by atoms with Gasteiger partial charge >= 0.3 is 5.82 Å². The van der Waals surface area contributed by atoms with Crippen LogP contribution < -0.4 is 5.32 Å². The van der Waals surface area contributed by atoms with Crippen LogP contribution in [0.25, 0.3) is 4.96 Å². The molecule has 0 saturated carbocycles. The molecule has 1 aliphatic rings. The molecule has 4 rings (SSSR count). The smallest absolute Gasteiger partial charge is 0.371 e. The fraction of sp³-hybridized carbons (Fsp3) is 0.267. The molecule has 0 amide bonds. The molecule has 3 heterocycles. The van der Waals surface area contributed by atoms with Crippen molar-refractivity contribution in [2.45, 2.75) is 18.6 Å². The van der Waals surface area contributed by atoms with Crippen LogP contribution >= 0.6 is 22.9 Å². The van der Waals surface area contributed by atoms with E-state index in [-0.39, 0.29) is 23.8 Å². The molecule has 1 aliphatic heterocycles. The predicted octanol–water partition coefficient (Wildman–Crippen LogP) is 3.90. The van der Waals surface area contributed by atoms with Crippen LogP contribution in [0.1, 0.15) is 18.1 Å². The Bertz CT molecular complexity index is 892. The molecule has 124 valence electrons. The molecule has 1 N–H and O–H groups in total. The molecule has 1 fully saturated rings. The first-order valence-electron chi connectivity index (χ1n) is 7.37. The molecule has 0 bridgehead atoms. The molecule has 1 aromatic carbocycles. The van der Waals surface area contributed by atoms with Crippen LogP contribution in [0.3, 0.4) is 0 Å². The van der Waals surface area contributed by atoms with E-state index < -0.39 is 4.92 Å². The Morgan fingerprint density at radius 3 is 2.96 bits per heavy atom. The number of thiazole rings is 1. The number of ether oxygens (including phenoxy) is 1. The van der Waals surface area contributed by atoms with Gasteiger partial charge in [-0.3, -0.25) is 0 Å². The molecule has 0 spiro atoms. The molecule has 2 atom stereocenters. The van der Waals surface area contributed by atoms with Crippen LogP contribution in [-0.4, -0.2) is 27.0 Å². The van der Waals surface area contributed by atoms with E-state index in [0.29, 0.717) is 16.6 Å². The van der Waals surface area contributed by atoms with Gasteiger partial charge in [-0.2, -0.15) is 9.38 Å². The largest absolute Gasteiger partial charge is 0.372 e. The molecule has 3 aromatic rings. The standard InChI is InChI=1S/C15H13ClN4O3S/c16-10-3-1-9(2-4-10)12-11(5-7-23-12)17-13-14(20(21)22)19-6-8-24-15(19)18-13/h1-4,6,8,11-12,17H,5,7H2. The second kappa shape index (κ2) is 6.04. The number of imidazole rings is 1. The van der Waals surface area contributed by atoms with Gasteiger partial charge in [0, 0.05) is 17.0 Å². The van der Waals surface area contributed by atoms with E-state index in [4.69, 9.17) is 16.3 Å². The van der Waals surface area contributed by atoms with E-state index in [1.165, 1.54) is 15.7 Å².